The van der Waals surface area contributed by atoms with Crippen molar-refractivity contribution in [2.75, 3.05) is 7.11 Å². The van der Waals surface area contributed by atoms with Crippen molar-refractivity contribution in [1.82, 2.24) is 4.98 Å². The first-order valence-corrected chi connectivity index (χ1v) is 6.46. The molecule has 0 aliphatic carbocycles. The molecule has 1 aromatic heterocycles. The van der Waals surface area contributed by atoms with Crippen LogP contribution in [0.25, 0.3) is 22.6 Å². The lowest BCUT2D eigenvalue weighted by molar-refractivity contribution is -0.383. The van der Waals surface area contributed by atoms with Crippen molar-refractivity contribution in [2.45, 2.75) is 0 Å². The smallest absolute Gasteiger partial charge is 0.337 e. The van der Waals surface area contributed by atoms with Crippen LogP contribution < -0.4 is 0 Å². The maximum absolute atomic E-state index is 11.4. The zero-order valence-corrected chi connectivity index (χ0v) is 11.8. The van der Waals surface area contributed by atoms with Gasteiger partial charge < -0.3 is 14.3 Å². The molecule has 3 aromatic rings. The molecule has 0 amide bonds. The molecule has 23 heavy (non-hydrogen) atoms. The lowest BCUT2D eigenvalue weighted by Gasteiger charge is -1.99. The van der Waals surface area contributed by atoms with Crippen LogP contribution in [0.1, 0.15) is 10.4 Å². The molecule has 0 unspecified atom stereocenters. The van der Waals surface area contributed by atoms with Gasteiger partial charge in [0.25, 0.3) is 0 Å². The minimum Gasteiger partial charge on any atom is -0.508 e. The number of phenolic OH excluding ortho intramolecular Hbond substituents is 1. The fraction of sp³-hybridized carbons (Fsp3) is 0.0667. The molecule has 0 aliphatic rings. The van der Waals surface area contributed by atoms with Crippen LogP contribution in [0.2, 0.25) is 0 Å². The van der Waals surface area contributed by atoms with Crippen LogP contribution in [0.3, 0.4) is 0 Å². The highest BCUT2D eigenvalue weighted by atomic mass is 16.6. The van der Waals surface area contributed by atoms with Gasteiger partial charge in [0.15, 0.2) is 11.1 Å². The molecular weight excluding hydrogens is 304 g/mol. The fourth-order valence-corrected chi connectivity index (χ4v) is 2.13. The number of hydrogen-bond donors (Lipinski definition) is 1. The van der Waals surface area contributed by atoms with Crippen molar-refractivity contribution < 1.29 is 24.0 Å². The number of aromatic nitrogens is 1. The maximum Gasteiger partial charge on any atom is 0.337 e. The topological polar surface area (TPSA) is 116 Å². The number of carbonyl (C=O) groups excluding carboxylic acids is 1. The molecule has 0 fully saturated rings. The fourth-order valence-electron chi connectivity index (χ4n) is 2.13. The van der Waals surface area contributed by atoms with Crippen LogP contribution in [0.4, 0.5) is 5.69 Å². The summed E-state index contributed by atoms with van der Waals surface area (Å²) in [4.78, 5) is 25.9. The van der Waals surface area contributed by atoms with Crippen LogP contribution in [-0.4, -0.2) is 28.1 Å². The average Bonchev–Trinajstić information content (AvgIpc) is 2.97. The number of phenols is 1. The number of benzene rings is 2. The number of fused-ring (bicyclic) bond motifs is 1. The van der Waals surface area contributed by atoms with Crippen LogP contribution in [0.5, 0.6) is 5.75 Å². The molecular formula is C15H10N2O6. The van der Waals surface area contributed by atoms with Crippen LogP contribution in [0.15, 0.2) is 40.8 Å². The highest BCUT2D eigenvalue weighted by Crippen LogP contribution is 2.33. The lowest BCUT2D eigenvalue weighted by Crippen LogP contribution is -2.00. The van der Waals surface area contributed by atoms with Gasteiger partial charge in [-0.1, -0.05) is 0 Å². The summed E-state index contributed by atoms with van der Waals surface area (Å²) in [6.45, 7) is 0. The number of hydrogen-bond acceptors (Lipinski definition) is 7. The molecule has 3 rings (SSSR count). The van der Waals surface area contributed by atoms with Gasteiger partial charge in [0.2, 0.25) is 5.89 Å². The summed E-state index contributed by atoms with van der Waals surface area (Å²) < 4.78 is 10.1. The van der Waals surface area contributed by atoms with E-state index < -0.39 is 10.9 Å². The van der Waals surface area contributed by atoms with E-state index in [-0.39, 0.29) is 28.4 Å². The molecule has 1 heterocycles. The number of aromatic hydroxyl groups is 1. The molecule has 8 nitrogen and oxygen atoms in total. The van der Waals surface area contributed by atoms with E-state index in [0.717, 1.165) is 6.07 Å². The minimum atomic E-state index is -0.644. The van der Waals surface area contributed by atoms with Gasteiger partial charge in [0.05, 0.1) is 23.7 Å². The second kappa shape index (κ2) is 5.41. The normalized spacial score (nSPS) is 10.7. The average molecular weight is 314 g/mol. The largest absolute Gasteiger partial charge is 0.508 e. The first kappa shape index (κ1) is 14.5. The van der Waals surface area contributed by atoms with Gasteiger partial charge >= 0.3 is 11.7 Å². The van der Waals surface area contributed by atoms with Gasteiger partial charge in [-0.05, 0) is 24.3 Å². The van der Waals surface area contributed by atoms with Gasteiger partial charge in [0.1, 0.15) is 5.75 Å². The zero-order chi connectivity index (χ0) is 16.6. The molecule has 0 saturated heterocycles. The number of oxazole rings is 1. The Bertz CT molecular complexity index is 914. The summed E-state index contributed by atoms with van der Waals surface area (Å²) in [6.07, 6.45) is 0. The summed E-state index contributed by atoms with van der Waals surface area (Å²) >= 11 is 0. The number of esters is 1. The Labute approximate surface area is 129 Å². The summed E-state index contributed by atoms with van der Waals surface area (Å²) in [6, 6.07) is 8.49. The Hall–Kier alpha value is -3.42. The van der Waals surface area contributed by atoms with Crippen LogP contribution in [-0.2, 0) is 4.74 Å². The molecule has 0 bridgehead atoms. The number of rotatable bonds is 3. The zero-order valence-electron chi connectivity index (χ0n) is 11.8. The molecule has 0 radical (unpaired) electrons. The number of methoxy groups -OCH3 is 1. The quantitative estimate of drug-likeness (QED) is 0.449. The van der Waals surface area contributed by atoms with E-state index in [0.29, 0.717) is 11.1 Å². The van der Waals surface area contributed by atoms with Crippen molar-refractivity contribution in [3.8, 4) is 17.2 Å². The van der Waals surface area contributed by atoms with Crippen molar-refractivity contribution in [3.63, 3.8) is 0 Å². The summed E-state index contributed by atoms with van der Waals surface area (Å²) in [5.41, 5.74) is 0.684. The van der Waals surface area contributed by atoms with Gasteiger partial charge in [-0.25, -0.2) is 9.78 Å². The van der Waals surface area contributed by atoms with Crippen molar-refractivity contribution >= 4 is 22.8 Å². The number of non-ortho nitro benzene ring substituents is 1. The second-order valence-electron chi connectivity index (χ2n) is 4.66. The molecule has 0 saturated carbocycles. The standard InChI is InChI=1S/C15H10N2O6/c1-22-15(19)9-4-2-8(3-5-9)14-16-13-11(17(20)21)6-10(18)7-12(13)23-14/h2-7,18H,1H3. The minimum absolute atomic E-state index is 0.0415. The molecule has 2 aromatic carbocycles. The molecule has 1 N–H and O–H groups in total. The summed E-state index contributed by atoms with van der Waals surface area (Å²) in [7, 11) is 1.28. The molecule has 8 heteroatoms. The van der Waals surface area contributed by atoms with Gasteiger partial charge in [-0.15, -0.1) is 0 Å². The first-order chi connectivity index (χ1) is 11.0. The van der Waals surface area contributed by atoms with Gasteiger partial charge in [0, 0.05) is 11.6 Å². The van der Waals surface area contributed by atoms with E-state index in [1.807, 2.05) is 0 Å². The Kier molecular flexibility index (Phi) is 3.41. The van der Waals surface area contributed by atoms with E-state index >= 15 is 0 Å². The number of carbonyl (C=O) groups is 1. The van der Waals surface area contributed by atoms with Gasteiger partial charge in [-0.2, -0.15) is 0 Å². The number of nitro groups is 1. The number of nitrogens with zero attached hydrogens (tertiary/aromatic N) is 2. The van der Waals surface area contributed by atoms with Crippen LogP contribution in [0, 0.1) is 10.1 Å². The number of ether oxygens (including phenoxy) is 1. The second-order valence-corrected chi connectivity index (χ2v) is 4.66. The molecule has 116 valence electrons. The van der Waals surface area contributed by atoms with Crippen molar-refractivity contribution in [3.05, 3.63) is 52.1 Å². The third-order valence-electron chi connectivity index (χ3n) is 3.21. The predicted molar refractivity (Wildman–Crippen MR) is 79.1 cm³/mol. The predicted octanol–water partition coefficient (Wildman–Crippen LogP) is 2.90. The molecule has 0 spiro atoms. The Balaban J connectivity index is 2.08. The van der Waals surface area contributed by atoms with Crippen molar-refractivity contribution in [2.24, 2.45) is 0 Å². The Morgan fingerprint density at radius 3 is 2.61 bits per heavy atom. The summed E-state index contributed by atoms with van der Waals surface area (Å²) in [5, 5.41) is 20.5. The van der Waals surface area contributed by atoms with E-state index in [1.54, 1.807) is 12.1 Å². The Morgan fingerprint density at radius 2 is 2.00 bits per heavy atom. The highest BCUT2D eigenvalue weighted by Gasteiger charge is 2.20. The van der Waals surface area contributed by atoms with Crippen molar-refractivity contribution in [1.29, 1.82) is 0 Å². The van der Waals surface area contributed by atoms with E-state index in [4.69, 9.17) is 4.42 Å². The van der Waals surface area contributed by atoms with Crippen LogP contribution >= 0.6 is 0 Å². The number of nitro benzene ring substituents is 1. The monoisotopic (exact) mass is 314 g/mol. The first-order valence-electron chi connectivity index (χ1n) is 6.46. The third kappa shape index (κ3) is 2.57. The highest BCUT2D eigenvalue weighted by molar-refractivity contribution is 5.90. The Morgan fingerprint density at radius 1 is 1.30 bits per heavy atom. The van der Waals surface area contributed by atoms with Gasteiger partial charge in [-0.3, -0.25) is 10.1 Å². The van der Waals surface area contributed by atoms with E-state index in [2.05, 4.69) is 9.72 Å². The van der Waals surface area contributed by atoms with E-state index in [1.165, 1.54) is 25.3 Å². The lowest BCUT2D eigenvalue weighted by atomic mass is 10.1. The molecule has 0 aliphatic heterocycles. The van der Waals surface area contributed by atoms with E-state index in [9.17, 15) is 20.0 Å². The third-order valence-corrected chi connectivity index (χ3v) is 3.21. The SMILES string of the molecule is COC(=O)c1ccc(-c2nc3c([N+](=O)[O-])cc(O)cc3o2)cc1. The maximum atomic E-state index is 11.4. The molecule has 0 atom stereocenters. The summed E-state index contributed by atoms with van der Waals surface area (Å²) in [5.74, 6) is -0.618.